The fraction of sp³-hybridized carbons (Fsp3) is 0.0556. The SMILES string of the molecule is C1=CC2Nc3ccc(-c4ccc(-c5ccc6c7ccccc7n(-c7ccccc7)c6c5)cc4)cc3C2C=C1. The lowest BCUT2D eigenvalue weighted by Gasteiger charge is -2.15. The van der Waals surface area contributed by atoms with E-state index in [1.54, 1.807) is 0 Å². The molecule has 2 nitrogen and oxygen atoms in total. The average Bonchev–Trinajstić information content (AvgIpc) is 3.52. The second-order valence-corrected chi connectivity index (χ2v) is 10.3. The van der Waals surface area contributed by atoms with E-state index in [-0.39, 0.29) is 0 Å². The summed E-state index contributed by atoms with van der Waals surface area (Å²) < 4.78 is 2.38. The molecule has 0 spiro atoms. The van der Waals surface area contributed by atoms with Gasteiger partial charge in [-0.15, -0.1) is 0 Å². The van der Waals surface area contributed by atoms with E-state index in [9.17, 15) is 0 Å². The van der Waals surface area contributed by atoms with Gasteiger partial charge in [-0.05, 0) is 64.2 Å². The standard InChI is InChI=1S/C36H26N2/c1-2-8-28(9-3-1)38-35-13-7-5-11-30(35)31-20-18-27(23-36(31)38)25-16-14-24(15-17-25)26-19-21-34-32(22-26)29-10-4-6-12-33(29)37-34/h1-23,29,33,37H. The van der Waals surface area contributed by atoms with Crippen molar-refractivity contribution in [2.24, 2.45) is 0 Å². The molecule has 6 aromatic rings. The number of aromatic nitrogens is 1. The number of para-hydroxylation sites is 2. The molecule has 1 aliphatic heterocycles. The van der Waals surface area contributed by atoms with Gasteiger partial charge in [-0.25, -0.2) is 0 Å². The minimum absolute atomic E-state index is 0.369. The van der Waals surface area contributed by atoms with Crippen molar-refractivity contribution in [3.05, 3.63) is 145 Å². The molecule has 0 saturated carbocycles. The van der Waals surface area contributed by atoms with Crippen LogP contribution in [0.2, 0.25) is 0 Å². The van der Waals surface area contributed by atoms with Gasteiger partial charge in [0.2, 0.25) is 0 Å². The average molecular weight is 487 g/mol. The van der Waals surface area contributed by atoms with Crippen LogP contribution in [0.4, 0.5) is 5.69 Å². The molecule has 0 fully saturated rings. The van der Waals surface area contributed by atoms with Gasteiger partial charge >= 0.3 is 0 Å². The number of allylic oxidation sites excluding steroid dienone is 2. The Morgan fingerprint density at radius 1 is 0.526 bits per heavy atom. The highest BCUT2D eigenvalue weighted by Gasteiger charge is 2.29. The smallest absolute Gasteiger partial charge is 0.0551 e. The summed E-state index contributed by atoms with van der Waals surface area (Å²) >= 11 is 0. The number of benzene rings is 5. The molecule has 2 unspecified atom stereocenters. The minimum atomic E-state index is 0.369. The van der Waals surface area contributed by atoms with Gasteiger partial charge in [0, 0.05) is 28.1 Å². The van der Waals surface area contributed by atoms with Gasteiger partial charge in [0.1, 0.15) is 0 Å². The van der Waals surface area contributed by atoms with Crippen molar-refractivity contribution >= 4 is 27.5 Å². The molecular weight excluding hydrogens is 460 g/mol. The minimum Gasteiger partial charge on any atom is -0.378 e. The Balaban J connectivity index is 1.19. The number of nitrogens with zero attached hydrogens (tertiary/aromatic N) is 1. The summed E-state index contributed by atoms with van der Waals surface area (Å²) in [5, 5.41) is 6.21. The summed E-state index contributed by atoms with van der Waals surface area (Å²) in [6.07, 6.45) is 8.86. The van der Waals surface area contributed by atoms with Gasteiger partial charge in [-0.1, -0.05) is 103 Å². The van der Waals surface area contributed by atoms with Crippen LogP contribution in [0.1, 0.15) is 11.5 Å². The number of nitrogens with one attached hydrogen (secondary N) is 1. The molecule has 0 saturated heterocycles. The molecule has 2 heteroatoms. The molecular formula is C36H26N2. The fourth-order valence-corrected chi connectivity index (χ4v) is 6.23. The number of rotatable bonds is 3. The third kappa shape index (κ3) is 3.27. The Bertz CT molecular complexity index is 1890. The fourth-order valence-electron chi connectivity index (χ4n) is 6.23. The third-order valence-corrected chi connectivity index (χ3v) is 8.11. The summed E-state index contributed by atoms with van der Waals surface area (Å²) in [5.74, 6) is 0.414. The number of hydrogen-bond acceptors (Lipinski definition) is 1. The summed E-state index contributed by atoms with van der Waals surface area (Å²) in [6.45, 7) is 0. The van der Waals surface area contributed by atoms with E-state index in [1.165, 1.54) is 61.0 Å². The van der Waals surface area contributed by atoms with Crippen molar-refractivity contribution in [1.29, 1.82) is 0 Å². The third-order valence-electron chi connectivity index (χ3n) is 8.11. The van der Waals surface area contributed by atoms with Crippen molar-refractivity contribution in [2.75, 3.05) is 5.32 Å². The zero-order chi connectivity index (χ0) is 25.1. The summed E-state index contributed by atoms with van der Waals surface area (Å²) in [5.41, 5.74) is 11.2. The Hall–Kier alpha value is -4.82. The predicted octanol–water partition coefficient (Wildman–Crippen LogP) is 9.12. The molecule has 2 aliphatic rings. The van der Waals surface area contributed by atoms with Crippen molar-refractivity contribution in [1.82, 2.24) is 4.57 Å². The Labute approximate surface area is 222 Å². The van der Waals surface area contributed by atoms with Crippen LogP contribution >= 0.6 is 0 Å². The normalized spacial score (nSPS) is 17.5. The van der Waals surface area contributed by atoms with Gasteiger partial charge in [0.25, 0.3) is 0 Å². The van der Waals surface area contributed by atoms with E-state index in [0.29, 0.717) is 12.0 Å². The molecule has 2 heterocycles. The Morgan fingerprint density at radius 2 is 1.18 bits per heavy atom. The highest BCUT2D eigenvalue weighted by molar-refractivity contribution is 6.10. The maximum atomic E-state index is 3.65. The monoisotopic (exact) mass is 486 g/mol. The van der Waals surface area contributed by atoms with Crippen LogP contribution in [-0.2, 0) is 0 Å². The largest absolute Gasteiger partial charge is 0.378 e. The van der Waals surface area contributed by atoms with Crippen LogP contribution in [0.5, 0.6) is 0 Å². The lowest BCUT2D eigenvalue weighted by atomic mass is 9.90. The zero-order valence-electron chi connectivity index (χ0n) is 20.9. The molecule has 0 radical (unpaired) electrons. The quantitative estimate of drug-likeness (QED) is 0.264. The van der Waals surface area contributed by atoms with Crippen molar-refractivity contribution < 1.29 is 0 Å². The molecule has 5 aromatic carbocycles. The van der Waals surface area contributed by atoms with Gasteiger partial charge in [0.15, 0.2) is 0 Å². The highest BCUT2D eigenvalue weighted by atomic mass is 15.0. The molecule has 1 aliphatic carbocycles. The lowest BCUT2D eigenvalue weighted by molar-refractivity contribution is 0.805. The van der Waals surface area contributed by atoms with Crippen LogP contribution < -0.4 is 5.32 Å². The van der Waals surface area contributed by atoms with E-state index >= 15 is 0 Å². The van der Waals surface area contributed by atoms with E-state index in [0.717, 1.165) is 0 Å². The number of fused-ring (bicyclic) bond motifs is 6. The molecule has 1 N–H and O–H groups in total. The molecule has 1 aromatic heterocycles. The highest BCUT2D eigenvalue weighted by Crippen LogP contribution is 2.41. The summed E-state index contributed by atoms with van der Waals surface area (Å²) in [4.78, 5) is 0. The molecule has 0 amide bonds. The topological polar surface area (TPSA) is 17.0 Å². The Morgan fingerprint density at radius 3 is 2.03 bits per heavy atom. The number of hydrogen-bond donors (Lipinski definition) is 1. The maximum absolute atomic E-state index is 3.65. The van der Waals surface area contributed by atoms with Gasteiger partial charge < -0.3 is 9.88 Å². The van der Waals surface area contributed by atoms with Crippen molar-refractivity contribution in [3.63, 3.8) is 0 Å². The first-order valence-electron chi connectivity index (χ1n) is 13.3. The van der Waals surface area contributed by atoms with E-state index < -0.39 is 0 Å². The van der Waals surface area contributed by atoms with Crippen molar-refractivity contribution in [2.45, 2.75) is 12.0 Å². The maximum Gasteiger partial charge on any atom is 0.0551 e. The first kappa shape index (κ1) is 21.3. The first-order chi connectivity index (χ1) is 18.8. The Kier molecular flexibility index (Phi) is 4.68. The van der Waals surface area contributed by atoms with Crippen LogP contribution in [0.15, 0.2) is 140 Å². The number of anilines is 1. The lowest BCUT2D eigenvalue weighted by Crippen LogP contribution is -2.17. The van der Waals surface area contributed by atoms with Gasteiger partial charge in [-0.3, -0.25) is 0 Å². The van der Waals surface area contributed by atoms with E-state index in [2.05, 4.69) is 149 Å². The summed E-state index contributed by atoms with van der Waals surface area (Å²) in [7, 11) is 0. The van der Waals surface area contributed by atoms with Gasteiger partial charge in [-0.2, -0.15) is 0 Å². The van der Waals surface area contributed by atoms with Crippen LogP contribution in [0.3, 0.4) is 0 Å². The molecule has 8 rings (SSSR count). The van der Waals surface area contributed by atoms with Crippen LogP contribution in [-0.4, -0.2) is 10.6 Å². The second-order valence-electron chi connectivity index (χ2n) is 10.3. The first-order valence-corrected chi connectivity index (χ1v) is 13.3. The predicted molar refractivity (Wildman–Crippen MR) is 160 cm³/mol. The van der Waals surface area contributed by atoms with Crippen LogP contribution in [0.25, 0.3) is 49.7 Å². The molecule has 38 heavy (non-hydrogen) atoms. The van der Waals surface area contributed by atoms with E-state index in [1.807, 2.05) is 0 Å². The molecule has 0 bridgehead atoms. The van der Waals surface area contributed by atoms with Gasteiger partial charge in [0.05, 0.1) is 17.1 Å². The van der Waals surface area contributed by atoms with Crippen molar-refractivity contribution in [3.8, 4) is 27.9 Å². The zero-order valence-corrected chi connectivity index (χ0v) is 20.9. The second kappa shape index (κ2) is 8.36. The molecule has 2 atom stereocenters. The summed E-state index contributed by atoms with van der Waals surface area (Å²) in [6, 6.07) is 42.4. The van der Waals surface area contributed by atoms with E-state index in [4.69, 9.17) is 0 Å². The molecule has 180 valence electrons. The van der Waals surface area contributed by atoms with Crippen LogP contribution in [0, 0.1) is 0 Å².